The number of hydrogen-bond donors (Lipinski definition) is 0. The van der Waals surface area contributed by atoms with E-state index in [1.807, 2.05) is 6.92 Å². The summed E-state index contributed by atoms with van der Waals surface area (Å²) in [7, 11) is 0. The van der Waals surface area contributed by atoms with Crippen LogP contribution in [0.1, 0.15) is 56.1 Å². The minimum absolute atomic E-state index is 0.109. The largest absolute Gasteiger partial charge is 0.432 e. The number of benzene rings is 4. The highest BCUT2D eigenvalue weighted by Gasteiger charge is 2.41. The van der Waals surface area contributed by atoms with Crippen molar-refractivity contribution in [1.82, 2.24) is 0 Å². The number of hydrogen-bond acceptors (Lipinski definition) is 1. The Morgan fingerprint density at radius 2 is 1.28 bits per heavy atom. The Morgan fingerprint density at radius 3 is 1.88 bits per heavy atom. The Labute approximate surface area is 245 Å². The molecule has 0 spiro atoms. The van der Waals surface area contributed by atoms with E-state index in [0.29, 0.717) is 36.0 Å². The van der Waals surface area contributed by atoms with Crippen molar-refractivity contribution < 1.29 is 35.5 Å². The second kappa shape index (κ2) is 12.7. The van der Waals surface area contributed by atoms with Crippen molar-refractivity contribution >= 4 is 0 Å². The molecular formula is C35H29F7O. The summed E-state index contributed by atoms with van der Waals surface area (Å²) < 4.78 is 108. The summed E-state index contributed by atoms with van der Waals surface area (Å²) >= 11 is 0. The van der Waals surface area contributed by atoms with Gasteiger partial charge in [-0.2, -0.15) is 8.78 Å². The van der Waals surface area contributed by atoms with Crippen molar-refractivity contribution in [1.29, 1.82) is 0 Å². The first-order valence-electron chi connectivity index (χ1n) is 14.1. The number of alkyl halides is 2. The first kappa shape index (κ1) is 30.4. The summed E-state index contributed by atoms with van der Waals surface area (Å²) in [6, 6.07) is 13.7. The summed E-state index contributed by atoms with van der Waals surface area (Å²) in [6.45, 7) is 2.04. The summed E-state index contributed by atoms with van der Waals surface area (Å²) in [5.74, 6) is -5.50. The van der Waals surface area contributed by atoms with Gasteiger partial charge in [0, 0.05) is 17.2 Å². The monoisotopic (exact) mass is 598 g/mol. The second-order valence-electron chi connectivity index (χ2n) is 10.8. The van der Waals surface area contributed by atoms with E-state index >= 15 is 8.78 Å². The van der Waals surface area contributed by atoms with E-state index in [0.717, 1.165) is 49.6 Å². The number of ether oxygens (including phenoxy) is 1. The molecule has 0 atom stereocenters. The summed E-state index contributed by atoms with van der Waals surface area (Å²) in [5.41, 5.74) is -0.657. The first-order chi connectivity index (χ1) is 20.6. The van der Waals surface area contributed by atoms with Crippen LogP contribution in [0.25, 0.3) is 22.3 Å². The van der Waals surface area contributed by atoms with Gasteiger partial charge in [0.15, 0.2) is 0 Å². The zero-order valence-electron chi connectivity index (χ0n) is 23.3. The van der Waals surface area contributed by atoms with Gasteiger partial charge in [-0.25, -0.2) is 22.0 Å². The van der Waals surface area contributed by atoms with Crippen LogP contribution in [-0.2, 0) is 6.11 Å². The van der Waals surface area contributed by atoms with Crippen LogP contribution in [0.15, 0.2) is 84.9 Å². The molecule has 1 aliphatic carbocycles. The van der Waals surface area contributed by atoms with Crippen molar-refractivity contribution in [2.75, 3.05) is 0 Å². The number of allylic oxidation sites excluding steroid dienone is 2. The van der Waals surface area contributed by atoms with Gasteiger partial charge in [0.25, 0.3) is 0 Å². The molecule has 8 heteroatoms. The topological polar surface area (TPSA) is 9.23 Å². The maximum atomic E-state index is 15.0. The van der Waals surface area contributed by atoms with Gasteiger partial charge < -0.3 is 4.74 Å². The molecule has 0 aromatic heterocycles. The summed E-state index contributed by atoms with van der Waals surface area (Å²) in [4.78, 5) is 0. The quantitative estimate of drug-likeness (QED) is 0.145. The molecule has 0 aliphatic heterocycles. The zero-order chi connectivity index (χ0) is 30.7. The van der Waals surface area contributed by atoms with Crippen molar-refractivity contribution in [2.45, 2.75) is 51.1 Å². The van der Waals surface area contributed by atoms with Crippen LogP contribution in [0.5, 0.6) is 5.75 Å². The van der Waals surface area contributed by atoms with E-state index in [2.05, 4.69) is 16.9 Å². The third-order valence-corrected chi connectivity index (χ3v) is 7.86. The molecule has 0 bridgehead atoms. The lowest BCUT2D eigenvalue weighted by Gasteiger charge is -2.28. The van der Waals surface area contributed by atoms with E-state index < -0.39 is 46.5 Å². The van der Waals surface area contributed by atoms with Gasteiger partial charge in [0.05, 0.1) is 0 Å². The predicted molar refractivity (Wildman–Crippen MR) is 152 cm³/mol. The number of rotatable bonds is 8. The minimum atomic E-state index is -4.44. The lowest BCUT2D eigenvalue weighted by Crippen LogP contribution is -2.25. The molecule has 4 aromatic rings. The molecule has 0 radical (unpaired) electrons. The van der Waals surface area contributed by atoms with E-state index in [4.69, 9.17) is 0 Å². The molecule has 5 rings (SSSR count). The van der Waals surface area contributed by atoms with Crippen LogP contribution in [0.2, 0.25) is 0 Å². The fraction of sp³-hybridized carbons (Fsp3) is 0.257. The van der Waals surface area contributed by atoms with Crippen LogP contribution >= 0.6 is 0 Å². The molecule has 1 nitrogen and oxygen atoms in total. The average Bonchev–Trinajstić information content (AvgIpc) is 2.96. The lowest BCUT2D eigenvalue weighted by molar-refractivity contribution is -0.189. The van der Waals surface area contributed by atoms with Crippen molar-refractivity contribution in [3.8, 4) is 28.0 Å². The highest BCUT2D eigenvalue weighted by atomic mass is 19.3. The van der Waals surface area contributed by atoms with Crippen LogP contribution in [0.3, 0.4) is 0 Å². The fourth-order valence-corrected chi connectivity index (χ4v) is 5.62. The molecule has 4 aromatic carbocycles. The maximum Gasteiger partial charge on any atom is 0.432 e. The predicted octanol–water partition coefficient (Wildman–Crippen LogP) is 11.1. The average molecular weight is 599 g/mol. The van der Waals surface area contributed by atoms with Crippen LogP contribution < -0.4 is 4.74 Å². The molecule has 224 valence electrons. The highest BCUT2D eigenvalue weighted by Crippen LogP contribution is 2.41. The third kappa shape index (κ3) is 6.79. The molecule has 0 saturated heterocycles. The van der Waals surface area contributed by atoms with E-state index in [1.54, 1.807) is 0 Å². The van der Waals surface area contributed by atoms with Crippen LogP contribution in [0.4, 0.5) is 30.7 Å². The molecule has 1 fully saturated rings. The molecule has 0 unspecified atom stereocenters. The Kier molecular flexibility index (Phi) is 8.95. The molecule has 0 amide bonds. The van der Waals surface area contributed by atoms with E-state index in [9.17, 15) is 22.0 Å². The fourth-order valence-electron chi connectivity index (χ4n) is 5.62. The first-order valence-corrected chi connectivity index (χ1v) is 14.1. The van der Waals surface area contributed by atoms with Gasteiger partial charge in [0.2, 0.25) is 0 Å². The minimum Gasteiger partial charge on any atom is -0.429 e. The van der Waals surface area contributed by atoms with E-state index in [-0.39, 0.29) is 22.6 Å². The van der Waals surface area contributed by atoms with Crippen molar-refractivity contribution in [2.24, 2.45) is 5.92 Å². The van der Waals surface area contributed by atoms with Gasteiger partial charge in [-0.15, -0.1) is 0 Å². The van der Waals surface area contributed by atoms with Gasteiger partial charge in [0.1, 0.15) is 40.4 Å². The van der Waals surface area contributed by atoms with Gasteiger partial charge in [-0.05, 0) is 103 Å². The Hall–Kier alpha value is -4.07. The molecule has 43 heavy (non-hydrogen) atoms. The molecular weight excluding hydrogens is 569 g/mol. The number of halogens is 7. The van der Waals surface area contributed by atoms with Gasteiger partial charge in [-0.1, -0.05) is 43.3 Å². The van der Waals surface area contributed by atoms with Gasteiger partial charge in [-0.3, -0.25) is 0 Å². The Balaban J connectivity index is 1.32. The Morgan fingerprint density at radius 1 is 0.698 bits per heavy atom. The SMILES string of the molecule is CC/C=C/C1CCC(c2cc(F)c(C(F)(F)Oc3ccc(-c4ccc(-c5ccc(F)cc5)c(F)c4)c(F)c3)c(F)c2)CC1. The van der Waals surface area contributed by atoms with Crippen LogP contribution in [-0.4, -0.2) is 0 Å². The second-order valence-corrected chi connectivity index (χ2v) is 10.8. The molecule has 0 heterocycles. The normalized spacial score (nSPS) is 17.4. The molecule has 0 N–H and O–H groups in total. The van der Waals surface area contributed by atoms with Crippen molar-refractivity contribution in [3.05, 3.63) is 125 Å². The summed E-state index contributed by atoms with van der Waals surface area (Å²) in [5, 5.41) is 0. The van der Waals surface area contributed by atoms with Crippen molar-refractivity contribution in [3.63, 3.8) is 0 Å². The summed E-state index contributed by atoms with van der Waals surface area (Å²) in [6.07, 6.45) is 3.80. The van der Waals surface area contributed by atoms with E-state index in [1.165, 1.54) is 36.4 Å². The Bertz CT molecular complexity index is 1600. The van der Waals surface area contributed by atoms with Crippen LogP contribution in [0, 0.1) is 35.0 Å². The molecule has 1 saturated carbocycles. The lowest BCUT2D eigenvalue weighted by atomic mass is 9.78. The smallest absolute Gasteiger partial charge is 0.429 e. The molecule has 1 aliphatic rings. The highest BCUT2D eigenvalue weighted by molar-refractivity contribution is 5.71. The van der Waals surface area contributed by atoms with Gasteiger partial charge >= 0.3 is 6.11 Å². The standard InChI is InChI=1S/C35H29F7O/c1-2-3-4-21-5-7-22(8-6-21)25-18-32(39)34(33(40)19-25)35(41,42)43-27-14-16-29(31(38)20-27)24-11-15-28(30(37)17-24)23-9-12-26(36)13-10-23/h3-4,9-22H,2,5-8H2,1H3/b4-3+. The zero-order valence-corrected chi connectivity index (χ0v) is 23.3. The maximum absolute atomic E-state index is 15.0. The third-order valence-electron chi connectivity index (χ3n) is 7.86.